The van der Waals surface area contributed by atoms with E-state index < -0.39 is 16.0 Å². The third-order valence-electron chi connectivity index (χ3n) is 4.60. The van der Waals surface area contributed by atoms with Gasteiger partial charge in [-0.1, -0.05) is 24.3 Å². The molecule has 1 aromatic carbocycles. The Labute approximate surface area is 186 Å². The number of hydrogen-bond acceptors (Lipinski definition) is 8. The number of methoxy groups -OCH3 is 1. The Bertz CT molecular complexity index is 1170. The van der Waals surface area contributed by atoms with E-state index in [0.717, 1.165) is 22.4 Å². The Kier molecular flexibility index (Phi) is 7.23. The summed E-state index contributed by atoms with van der Waals surface area (Å²) in [6, 6.07) is 12.6. The molecule has 0 saturated carbocycles. The van der Waals surface area contributed by atoms with E-state index in [1.165, 1.54) is 21.3 Å². The highest BCUT2D eigenvalue weighted by atomic mass is 32.2. The molecule has 0 bridgehead atoms. The largest absolute Gasteiger partial charge is 0.481 e. The molecular formula is C21H24N4O6S. The lowest BCUT2D eigenvalue weighted by atomic mass is 10.1. The summed E-state index contributed by atoms with van der Waals surface area (Å²) in [5.74, 6) is 0.0575. The summed E-state index contributed by atoms with van der Waals surface area (Å²) in [6.45, 7) is 0.0651. The maximum absolute atomic E-state index is 12.6. The van der Waals surface area contributed by atoms with Gasteiger partial charge in [0.1, 0.15) is 0 Å². The number of pyridine rings is 1. The maximum Gasteiger partial charge on any atom is 0.297 e. The molecule has 0 aliphatic rings. The van der Waals surface area contributed by atoms with E-state index in [-0.39, 0.29) is 12.3 Å². The van der Waals surface area contributed by atoms with Crippen molar-refractivity contribution in [3.63, 3.8) is 0 Å². The van der Waals surface area contributed by atoms with E-state index in [0.29, 0.717) is 23.7 Å². The van der Waals surface area contributed by atoms with Gasteiger partial charge in [-0.2, -0.15) is 13.5 Å². The van der Waals surface area contributed by atoms with Crippen molar-refractivity contribution in [1.82, 2.24) is 19.8 Å². The Hall–Kier alpha value is -3.28. The number of aromatic nitrogens is 3. The molecule has 0 aliphatic heterocycles. The molecule has 32 heavy (non-hydrogen) atoms. The molecule has 0 atom stereocenters. The number of hydroxylamine groups is 2. The molecule has 0 fully saturated rings. The van der Waals surface area contributed by atoms with Crippen LogP contribution in [0.2, 0.25) is 0 Å². The van der Waals surface area contributed by atoms with E-state index in [4.69, 9.17) is 13.8 Å². The lowest BCUT2D eigenvalue weighted by Gasteiger charge is -2.11. The van der Waals surface area contributed by atoms with Crippen LogP contribution >= 0.6 is 0 Å². The van der Waals surface area contributed by atoms with Gasteiger partial charge in [0.2, 0.25) is 5.88 Å². The predicted molar refractivity (Wildman–Crippen MR) is 117 cm³/mol. The maximum atomic E-state index is 12.6. The number of hydrogen-bond donors (Lipinski definition) is 0. The monoisotopic (exact) mass is 460 g/mol. The number of rotatable bonds is 9. The van der Waals surface area contributed by atoms with Crippen molar-refractivity contribution in [2.75, 3.05) is 34.1 Å². The summed E-state index contributed by atoms with van der Waals surface area (Å²) < 4.78 is 33.8. The second-order valence-corrected chi connectivity index (χ2v) is 8.49. The van der Waals surface area contributed by atoms with Gasteiger partial charge in [0.25, 0.3) is 16.0 Å². The molecule has 0 spiro atoms. The molecule has 0 N–H and O–H groups in total. The highest BCUT2D eigenvalue weighted by Gasteiger charge is 2.20. The quantitative estimate of drug-likeness (QED) is 0.352. The summed E-state index contributed by atoms with van der Waals surface area (Å²) in [7, 11) is 0.956. The summed E-state index contributed by atoms with van der Waals surface area (Å²) in [4.78, 5) is 21.8. The van der Waals surface area contributed by atoms with Crippen LogP contribution in [0.15, 0.2) is 48.7 Å². The molecule has 0 saturated heterocycles. The standard InChI is InChI=1S/C21H24N4O6S/c1-24(30-3)21(26)18-13-19(25(23-18)17-9-10-20(29-2)22-14-17)16-7-5-15(6-8-16)11-12-31-32(4,27)28/h5-10,13-14H,11-12H2,1-4H3. The minimum atomic E-state index is -3.47. The summed E-state index contributed by atoms with van der Waals surface area (Å²) in [6.07, 6.45) is 3.06. The smallest absolute Gasteiger partial charge is 0.297 e. The first-order valence-electron chi connectivity index (χ1n) is 9.58. The Morgan fingerprint density at radius 2 is 1.84 bits per heavy atom. The molecule has 3 rings (SSSR count). The van der Waals surface area contributed by atoms with Gasteiger partial charge >= 0.3 is 0 Å². The van der Waals surface area contributed by atoms with Gasteiger partial charge in [-0.25, -0.2) is 14.7 Å². The van der Waals surface area contributed by atoms with Crippen LogP contribution in [0.5, 0.6) is 5.88 Å². The first kappa shape index (κ1) is 23.4. The summed E-state index contributed by atoms with van der Waals surface area (Å²) >= 11 is 0. The third-order valence-corrected chi connectivity index (χ3v) is 5.20. The molecule has 10 nitrogen and oxygen atoms in total. The number of ether oxygens (including phenoxy) is 1. The van der Waals surface area contributed by atoms with Crippen LogP contribution in [0.25, 0.3) is 16.9 Å². The predicted octanol–water partition coefficient (Wildman–Crippen LogP) is 2.09. The number of amides is 1. The lowest BCUT2D eigenvalue weighted by Crippen LogP contribution is -2.25. The van der Waals surface area contributed by atoms with Crippen LogP contribution in [-0.4, -0.2) is 68.3 Å². The van der Waals surface area contributed by atoms with Crippen LogP contribution in [0.1, 0.15) is 16.1 Å². The highest BCUT2D eigenvalue weighted by Crippen LogP contribution is 2.25. The van der Waals surface area contributed by atoms with Gasteiger partial charge in [0, 0.05) is 18.7 Å². The minimum Gasteiger partial charge on any atom is -0.481 e. The second kappa shape index (κ2) is 9.90. The first-order chi connectivity index (χ1) is 15.2. The van der Waals surface area contributed by atoms with Crippen LogP contribution in [0, 0.1) is 0 Å². The molecule has 11 heteroatoms. The zero-order chi connectivity index (χ0) is 23.3. The summed E-state index contributed by atoms with van der Waals surface area (Å²) in [5.41, 5.74) is 3.23. The molecular weight excluding hydrogens is 436 g/mol. The van der Waals surface area contributed by atoms with Gasteiger partial charge in [0.15, 0.2) is 5.69 Å². The van der Waals surface area contributed by atoms with Gasteiger partial charge in [0.05, 0.1) is 44.7 Å². The van der Waals surface area contributed by atoms with E-state index in [1.807, 2.05) is 24.3 Å². The van der Waals surface area contributed by atoms with Crippen LogP contribution in [0.3, 0.4) is 0 Å². The van der Waals surface area contributed by atoms with Gasteiger partial charge in [-0.15, -0.1) is 0 Å². The Balaban J connectivity index is 1.94. The zero-order valence-electron chi connectivity index (χ0n) is 18.2. The number of benzene rings is 1. The SMILES string of the molecule is COc1ccc(-n2nc(C(=O)N(C)OC)cc2-c2ccc(CCOS(C)(=O)=O)cc2)cn1. The Morgan fingerprint density at radius 1 is 1.12 bits per heavy atom. The van der Waals surface area contributed by atoms with Crippen molar-refractivity contribution in [2.45, 2.75) is 6.42 Å². The minimum absolute atomic E-state index is 0.0651. The van der Waals surface area contributed by atoms with Crippen molar-refractivity contribution >= 4 is 16.0 Å². The molecule has 0 radical (unpaired) electrons. The second-order valence-electron chi connectivity index (χ2n) is 6.84. The molecule has 0 unspecified atom stereocenters. The zero-order valence-corrected chi connectivity index (χ0v) is 19.0. The van der Waals surface area contributed by atoms with E-state index in [2.05, 4.69) is 10.1 Å². The number of nitrogens with zero attached hydrogens (tertiary/aromatic N) is 4. The van der Waals surface area contributed by atoms with E-state index in [9.17, 15) is 13.2 Å². The number of carbonyl (C=O) groups is 1. The van der Waals surface area contributed by atoms with Crippen LogP contribution < -0.4 is 4.74 Å². The van der Waals surface area contributed by atoms with Gasteiger partial charge in [-0.05, 0) is 24.1 Å². The van der Waals surface area contributed by atoms with Crippen molar-refractivity contribution in [3.8, 4) is 22.8 Å². The van der Waals surface area contributed by atoms with Crippen molar-refractivity contribution in [1.29, 1.82) is 0 Å². The van der Waals surface area contributed by atoms with Gasteiger partial charge in [-0.3, -0.25) is 13.8 Å². The average molecular weight is 461 g/mol. The highest BCUT2D eigenvalue weighted by molar-refractivity contribution is 7.85. The lowest BCUT2D eigenvalue weighted by molar-refractivity contribution is -0.0760. The van der Waals surface area contributed by atoms with Crippen LogP contribution in [0.4, 0.5) is 0 Å². The molecule has 0 aliphatic carbocycles. The van der Waals surface area contributed by atoms with E-state index in [1.54, 1.807) is 29.1 Å². The molecule has 3 aromatic rings. The molecule has 2 aromatic heterocycles. The average Bonchev–Trinajstić information content (AvgIpc) is 3.23. The molecule has 170 valence electrons. The first-order valence-corrected chi connectivity index (χ1v) is 11.4. The van der Waals surface area contributed by atoms with Crippen LogP contribution in [-0.2, 0) is 25.6 Å². The molecule has 2 heterocycles. The Morgan fingerprint density at radius 3 is 2.41 bits per heavy atom. The fraction of sp³-hybridized carbons (Fsp3) is 0.286. The molecule has 1 amide bonds. The topological polar surface area (TPSA) is 113 Å². The fourth-order valence-electron chi connectivity index (χ4n) is 2.90. The fourth-order valence-corrected chi connectivity index (χ4v) is 3.29. The summed E-state index contributed by atoms with van der Waals surface area (Å²) in [5, 5.41) is 5.55. The van der Waals surface area contributed by atoms with E-state index >= 15 is 0 Å². The third kappa shape index (κ3) is 5.69. The van der Waals surface area contributed by atoms with Crippen molar-refractivity contribution in [2.24, 2.45) is 0 Å². The van der Waals surface area contributed by atoms with Crippen molar-refractivity contribution in [3.05, 3.63) is 59.9 Å². The normalized spacial score (nSPS) is 11.4. The van der Waals surface area contributed by atoms with Crippen molar-refractivity contribution < 1.29 is 27.0 Å². The number of carbonyl (C=O) groups excluding carboxylic acids is 1. The van der Waals surface area contributed by atoms with Gasteiger partial charge < -0.3 is 4.74 Å².